The number of hydrogen-bond donors (Lipinski definition) is 1. The summed E-state index contributed by atoms with van der Waals surface area (Å²) in [6.45, 7) is 3.53. The van der Waals surface area contributed by atoms with Crippen molar-refractivity contribution in [3.8, 4) is 5.88 Å². The van der Waals surface area contributed by atoms with Crippen molar-refractivity contribution in [3.63, 3.8) is 0 Å². The first-order valence-corrected chi connectivity index (χ1v) is 8.15. The van der Waals surface area contributed by atoms with Gasteiger partial charge in [0, 0.05) is 32.0 Å². The third-order valence-corrected chi connectivity index (χ3v) is 4.24. The lowest BCUT2D eigenvalue weighted by atomic mass is 10.1. The van der Waals surface area contributed by atoms with E-state index in [1.807, 2.05) is 24.4 Å². The van der Waals surface area contributed by atoms with E-state index < -0.39 is 0 Å². The monoisotopic (exact) mass is 326 g/mol. The van der Waals surface area contributed by atoms with Gasteiger partial charge in [-0.3, -0.25) is 14.7 Å². The Hall–Kier alpha value is -2.47. The maximum absolute atomic E-state index is 12.3. The van der Waals surface area contributed by atoms with Gasteiger partial charge >= 0.3 is 0 Å². The lowest BCUT2D eigenvalue weighted by molar-refractivity contribution is 0.0943. The summed E-state index contributed by atoms with van der Waals surface area (Å²) in [5.41, 5.74) is 1.56. The summed E-state index contributed by atoms with van der Waals surface area (Å²) in [4.78, 5) is 23.1. The molecule has 1 fully saturated rings. The Bertz CT molecular complexity index is 678. The first kappa shape index (κ1) is 16.4. The van der Waals surface area contributed by atoms with Gasteiger partial charge in [0.05, 0.1) is 12.8 Å². The first-order valence-electron chi connectivity index (χ1n) is 8.15. The maximum Gasteiger partial charge on any atom is 0.256 e. The number of amides is 1. The molecule has 126 valence electrons. The number of hydrogen-bond acceptors (Lipinski definition) is 5. The van der Waals surface area contributed by atoms with Crippen molar-refractivity contribution >= 4 is 5.91 Å². The molecule has 6 heteroatoms. The number of carbonyl (C=O) groups is 1. The summed E-state index contributed by atoms with van der Waals surface area (Å²) in [6, 6.07) is 9.45. The fourth-order valence-corrected chi connectivity index (χ4v) is 3.00. The van der Waals surface area contributed by atoms with Gasteiger partial charge in [-0.15, -0.1) is 0 Å². The number of ether oxygens (including phenoxy) is 1. The molecule has 0 bridgehead atoms. The molecule has 1 aliphatic rings. The van der Waals surface area contributed by atoms with Crippen LogP contribution in [0.4, 0.5) is 0 Å². The fraction of sp³-hybridized carbons (Fsp3) is 0.389. The minimum absolute atomic E-state index is 0.136. The molecule has 6 nitrogen and oxygen atoms in total. The predicted molar refractivity (Wildman–Crippen MR) is 90.7 cm³/mol. The minimum Gasteiger partial charge on any atom is -0.480 e. The molecule has 3 heterocycles. The van der Waals surface area contributed by atoms with Crippen LogP contribution < -0.4 is 10.1 Å². The van der Waals surface area contributed by atoms with Gasteiger partial charge < -0.3 is 10.1 Å². The molecule has 0 aliphatic carbocycles. The predicted octanol–water partition coefficient (Wildman–Crippen LogP) is 1.74. The van der Waals surface area contributed by atoms with Gasteiger partial charge in [-0.2, -0.15) is 0 Å². The Morgan fingerprint density at radius 3 is 2.96 bits per heavy atom. The summed E-state index contributed by atoms with van der Waals surface area (Å²) in [7, 11) is 1.52. The molecule has 1 aliphatic heterocycles. The highest BCUT2D eigenvalue weighted by molar-refractivity contribution is 5.96. The molecule has 3 rings (SSSR count). The van der Waals surface area contributed by atoms with Gasteiger partial charge in [-0.25, -0.2) is 4.98 Å². The minimum atomic E-state index is -0.136. The lowest BCUT2D eigenvalue weighted by Crippen LogP contribution is -2.31. The highest BCUT2D eigenvalue weighted by Gasteiger charge is 2.23. The molecular formula is C18H22N4O2. The van der Waals surface area contributed by atoms with Gasteiger partial charge in [0.25, 0.3) is 5.91 Å². The highest BCUT2D eigenvalue weighted by atomic mass is 16.5. The van der Waals surface area contributed by atoms with Gasteiger partial charge in [0.2, 0.25) is 5.88 Å². The van der Waals surface area contributed by atoms with E-state index in [1.54, 1.807) is 18.3 Å². The van der Waals surface area contributed by atoms with Crippen molar-refractivity contribution in [1.29, 1.82) is 0 Å². The quantitative estimate of drug-likeness (QED) is 0.876. The van der Waals surface area contributed by atoms with Crippen LogP contribution in [0.5, 0.6) is 5.88 Å². The van der Waals surface area contributed by atoms with Crippen molar-refractivity contribution < 1.29 is 9.53 Å². The third-order valence-electron chi connectivity index (χ3n) is 4.24. The number of likely N-dealkylation sites (tertiary alicyclic amines) is 1. The highest BCUT2D eigenvalue weighted by Crippen LogP contribution is 2.18. The van der Waals surface area contributed by atoms with E-state index >= 15 is 0 Å². The maximum atomic E-state index is 12.3. The number of aromatic nitrogens is 2. The second-order valence-electron chi connectivity index (χ2n) is 5.98. The topological polar surface area (TPSA) is 67.3 Å². The number of methoxy groups -OCH3 is 1. The van der Waals surface area contributed by atoms with E-state index in [2.05, 4.69) is 20.2 Å². The van der Waals surface area contributed by atoms with Gasteiger partial charge in [0.1, 0.15) is 5.56 Å². The first-order chi connectivity index (χ1) is 11.8. The van der Waals surface area contributed by atoms with Crippen LogP contribution in [0.2, 0.25) is 0 Å². The van der Waals surface area contributed by atoms with Crippen molar-refractivity contribution in [3.05, 3.63) is 54.0 Å². The molecule has 0 spiro atoms. The number of nitrogens with zero attached hydrogens (tertiary/aromatic N) is 3. The molecule has 1 amide bonds. The number of carbonyl (C=O) groups excluding carboxylic acids is 1. The summed E-state index contributed by atoms with van der Waals surface area (Å²) < 4.78 is 5.13. The van der Waals surface area contributed by atoms with E-state index in [4.69, 9.17) is 4.74 Å². The molecule has 0 unspecified atom stereocenters. The molecule has 1 N–H and O–H groups in total. The van der Waals surface area contributed by atoms with Gasteiger partial charge in [-0.05, 0) is 43.1 Å². The number of pyridine rings is 2. The SMILES string of the molecule is COc1ncccc1C(=O)NC[C@H]1CCN(Cc2ccccn2)C1. The Labute approximate surface area is 141 Å². The van der Waals surface area contributed by atoms with E-state index in [0.29, 0.717) is 23.9 Å². The van der Waals surface area contributed by atoms with Crippen LogP contribution in [-0.4, -0.2) is 47.5 Å². The van der Waals surface area contributed by atoms with E-state index in [0.717, 1.165) is 31.7 Å². The molecule has 2 aromatic heterocycles. The zero-order valence-electron chi connectivity index (χ0n) is 13.8. The van der Waals surface area contributed by atoms with Crippen molar-refractivity contribution in [2.75, 3.05) is 26.7 Å². The summed E-state index contributed by atoms with van der Waals surface area (Å²) in [5.74, 6) is 0.682. The van der Waals surface area contributed by atoms with Crippen LogP contribution >= 0.6 is 0 Å². The Kier molecular flexibility index (Phi) is 5.38. The third kappa shape index (κ3) is 4.08. The van der Waals surface area contributed by atoms with E-state index in [-0.39, 0.29) is 5.91 Å². The molecule has 24 heavy (non-hydrogen) atoms. The molecular weight excluding hydrogens is 304 g/mol. The zero-order chi connectivity index (χ0) is 16.8. The zero-order valence-corrected chi connectivity index (χ0v) is 13.8. The molecule has 0 saturated carbocycles. The summed E-state index contributed by atoms with van der Waals surface area (Å²) in [6.07, 6.45) is 4.52. The normalized spacial score (nSPS) is 17.6. The Morgan fingerprint density at radius 2 is 2.17 bits per heavy atom. The Balaban J connectivity index is 1.48. The smallest absolute Gasteiger partial charge is 0.256 e. The lowest BCUT2D eigenvalue weighted by Gasteiger charge is -2.16. The number of nitrogens with one attached hydrogen (secondary N) is 1. The fourth-order valence-electron chi connectivity index (χ4n) is 3.00. The Morgan fingerprint density at radius 1 is 1.29 bits per heavy atom. The van der Waals surface area contributed by atoms with E-state index in [9.17, 15) is 4.79 Å². The second-order valence-corrected chi connectivity index (χ2v) is 5.98. The van der Waals surface area contributed by atoms with Crippen molar-refractivity contribution in [2.45, 2.75) is 13.0 Å². The van der Waals surface area contributed by atoms with Crippen LogP contribution in [0.3, 0.4) is 0 Å². The van der Waals surface area contributed by atoms with Gasteiger partial charge in [-0.1, -0.05) is 6.07 Å². The van der Waals surface area contributed by atoms with Crippen LogP contribution in [0.25, 0.3) is 0 Å². The largest absolute Gasteiger partial charge is 0.480 e. The second kappa shape index (κ2) is 7.88. The van der Waals surface area contributed by atoms with Gasteiger partial charge in [0.15, 0.2) is 0 Å². The molecule has 2 aromatic rings. The van der Waals surface area contributed by atoms with Crippen LogP contribution in [-0.2, 0) is 6.54 Å². The summed E-state index contributed by atoms with van der Waals surface area (Å²) in [5, 5.41) is 3.00. The van der Waals surface area contributed by atoms with Crippen LogP contribution in [0.1, 0.15) is 22.5 Å². The van der Waals surface area contributed by atoms with Crippen molar-refractivity contribution in [1.82, 2.24) is 20.2 Å². The van der Waals surface area contributed by atoms with Crippen molar-refractivity contribution in [2.24, 2.45) is 5.92 Å². The molecule has 0 aromatic carbocycles. The van der Waals surface area contributed by atoms with E-state index in [1.165, 1.54) is 7.11 Å². The standard InChI is InChI=1S/C18H22N4O2/c1-24-18-16(6-4-9-20-18)17(23)21-11-14-7-10-22(12-14)13-15-5-2-3-8-19-15/h2-6,8-9,14H,7,10-13H2,1H3,(H,21,23)/t14-/m1/s1. The number of rotatable bonds is 6. The van der Waals surface area contributed by atoms with Crippen LogP contribution in [0.15, 0.2) is 42.7 Å². The average Bonchev–Trinajstić information content (AvgIpc) is 3.08. The van der Waals surface area contributed by atoms with Crippen LogP contribution in [0, 0.1) is 5.92 Å². The molecule has 1 atom stereocenters. The average molecular weight is 326 g/mol. The molecule has 1 saturated heterocycles. The summed E-state index contributed by atoms with van der Waals surface area (Å²) >= 11 is 0. The molecule has 0 radical (unpaired) electrons.